The van der Waals surface area contributed by atoms with Gasteiger partial charge in [0, 0.05) is 59.4 Å². The smallest absolute Gasteiger partial charge is 0.281 e. The molecule has 1 aromatic rings. The highest BCUT2D eigenvalue weighted by Gasteiger charge is 2.29. The van der Waals surface area contributed by atoms with Crippen LogP contribution in [0.1, 0.15) is 18.2 Å². The normalized spacial score (nSPS) is 18.3. The third-order valence-corrected chi connectivity index (χ3v) is 6.40. The Hall–Kier alpha value is -0.670. The molecule has 1 aliphatic rings. The van der Waals surface area contributed by atoms with E-state index in [1.807, 2.05) is 7.05 Å². The lowest BCUT2D eigenvalue weighted by atomic mass is 10.2. The Morgan fingerprint density at radius 1 is 1.23 bits per heavy atom. The van der Waals surface area contributed by atoms with Crippen LogP contribution in [0.5, 0.6) is 0 Å². The molecule has 22 heavy (non-hydrogen) atoms. The van der Waals surface area contributed by atoms with Gasteiger partial charge in [-0.15, -0.1) is 0 Å². The maximum absolute atomic E-state index is 12.1. The predicted octanol–water partition coefficient (Wildman–Crippen LogP) is 0.560. The first kappa shape index (κ1) is 17.7. The molecule has 0 amide bonds. The van der Waals surface area contributed by atoms with Gasteiger partial charge in [0.25, 0.3) is 10.2 Å². The number of hydrogen-bond acceptors (Lipinski definition) is 4. The Kier molecular flexibility index (Phi) is 5.50. The Balaban J connectivity index is 2.02. The maximum atomic E-state index is 12.1. The van der Waals surface area contributed by atoms with Crippen molar-refractivity contribution in [2.45, 2.75) is 19.9 Å². The van der Waals surface area contributed by atoms with Gasteiger partial charge in [0.2, 0.25) is 0 Å². The van der Waals surface area contributed by atoms with Gasteiger partial charge in [-0.1, -0.05) is 18.5 Å². The largest absolute Gasteiger partial charge is 0.296 e. The van der Waals surface area contributed by atoms with E-state index in [1.165, 1.54) is 8.61 Å². The predicted molar refractivity (Wildman–Crippen MR) is 87.1 cm³/mol. The van der Waals surface area contributed by atoms with Gasteiger partial charge in [-0.25, -0.2) is 0 Å². The van der Waals surface area contributed by atoms with E-state index in [2.05, 4.69) is 16.9 Å². The molecule has 0 unspecified atom stereocenters. The Bertz CT molecular complexity index is 621. The first-order valence-corrected chi connectivity index (χ1v) is 9.15. The molecule has 126 valence electrons. The molecule has 0 N–H and O–H groups in total. The van der Waals surface area contributed by atoms with Crippen LogP contribution in [0.25, 0.3) is 0 Å². The zero-order valence-electron chi connectivity index (χ0n) is 13.6. The second-order valence-electron chi connectivity index (χ2n) is 5.66. The summed E-state index contributed by atoms with van der Waals surface area (Å²) in [5.41, 5.74) is 2.06. The maximum Gasteiger partial charge on any atom is 0.281 e. The molecule has 0 saturated carbocycles. The molecule has 2 heterocycles. The monoisotopic (exact) mass is 349 g/mol. The van der Waals surface area contributed by atoms with Crippen LogP contribution in [0.2, 0.25) is 5.15 Å². The number of nitrogens with zero attached hydrogens (tertiary/aromatic N) is 5. The zero-order chi connectivity index (χ0) is 16.5. The molecule has 0 atom stereocenters. The quantitative estimate of drug-likeness (QED) is 0.779. The molecule has 0 spiro atoms. The fourth-order valence-corrected chi connectivity index (χ4v) is 3.91. The molecule has 0 bridgehead atoms. The van der Waals surface area contributed by atoms with Gasteiger partial charge < -0.3 is 0 Å². The molecule has 1 aliphatic heterocycles. The highest BCUT2D eigenvalue weighted by molar-refractivity contribution is 7.86. The lowest BCUT2D eigenvalue weighted by molar-refractivity contribution is 0.177. The first-order chi connectivity index (χ1) is 10.3. The summed E-state index contributed by atoms with van der Waals surface area (Å²) in [7, 11) is 1.64. The van der Waals surface area contributed by atoms with Crippen molar-refractivity contribution < 1.29 is 8.42 Å². The summed E-state index contributed by atoms with van der Waals surface area (Å²) in [5, 5.41) is 5.08. The van der Waals surface area contributed by atoms with Crippen molar-refractivity contribution in [3.8, 4) is 0 Å². The number of halogens is 1. The number of piperazine rings is 1. The third kappa shape index (κ3) is 3.46. The molecule has 0 radical (unpaired) electrons. The minimum absolute atomic E-state index is 0.500. The number of aryl methyl sites for hydroxylation is 2. The van der Waals surface area contributed by atoms with Gasteiger partial charge in [0.1, 0.15) is 5.15 Å². The van der Waals surface area contributed by atoms with E-state index in [0.29, 0.717) is 37.9 Å². The van der Waals surface area contributed by atoms with Gasteiger partial charge in [-0.05, 0) is 6.42 Å². The summed E-state index contributed by atoms with van der Waals surface area (Å²) in [5.74, 6) is 0. The van der Waals surface area contributed by atoms with Gasteiger partial charge >= 0.3 is 0 Å². The number of hydrogen-bond donors (Lipinski definition) is 0. The first-order valence-electron chi connectivity index (χ1n) is 7.37. The van der Waals surface area contributed by atoms with Crippen molar-refractivity contribution in [1.29, 1.82) is 0 Å². The summed E-state index contributed by atoms with van der Waals surface area (Å²) < 4.78 is 28.7. The van der Waals surface area contributed by atoms with Crippen molar-refractivity contribution in [3.63, 3.8) is 0 Å². The van der Waals surface area contributed by atoms with E-state index < -0.39 is 10.2 Å². The van der Waals surface area contributed by atoms with Crippen molar-refractivity contribution in [1.82, 2.24) is 23.3 Å². The highest BCUT2D eigenvalue weighted by Crippen LogP contribution is 2.22. The standard InChI is InChI=1S/C13H24ClN5O2S/c1-5-12-11(13(14)17(4)15-12)10-18-6-8-19(9-7-18)22(20,21)16(2)3/h5-10H2,1-4H3. The molecular formula is C13H24ClN5O2S. The fraction of sp³-hybridized carbons (Fsp3) is 0.769. The summed E-state index contributed by atoms with van der Waals surface area (Å²) in [4.78, 5) is 2.23. The lowest BCUT2D eigenvalue weighted by Gasteiger charge is -2.35. The Morgan fingerprint density at radius 2 is 1.82 bits per heavy atom. The van der Waals surface area contributed by atoms with Gasteiger partial charge in [-0.3, -0.25) is 9.58 Å². The summed E-state index contributed by atoms with van der Waals surface area (Å²) in [6, 6.07) is 0. The van der Waals surface area contributed by atoms with Crippen molar-refractivity contribution >= 4 is 21.8 Å². The van der Waals surface area contributed by atoms with E-state index >= 15 is 0 Å². The average molecular weight is 350 g/mol. The topological polar surface area (TPSA) is 61.7 Å². The summed E-state index contributed by atoms with van der Waals surface area (Å²) in [6.45, 7) is 5.16. The second-order valence-corrected chi connectivity index (χ2v) is 8.16. The molecule has 7 nitrogen and oxygen atoms in total. The van der Waals surface area contributed by atoms with E-state index in [0.717, 1.165) is 17.7 Å². The van der Waals surface area contributed by atoms with Crippen LogP contribution in [0.15, 0.2) is 0 Å². The number of aromatic nitrogens is 2. The van der Waals surface area contributed by atoms with Crippen LogP contribution in [-0.2, 0) is 30.2 Å². The van der Waals surface area contributed by atoms with Gasteiger partial charge in [0.05, 0.1) is 5.69 Å². The van der Waals surface area contributed by atoms with Crippen molar-refractivity contribution in [3.05, 3.63) is 16.4 Å². The SMILES string of the molecule is CCc1nn(C)c(Cl)c1CN1CCN(S(=O)(=O)N(C)C)CC1. The van der Waals surface area contributed by atoms with Crippen LogP contribution in [0, 0.1) is 0 Å². The third-order valence-electron chi connectivity index (χ3n) is 3.99. The van der Waals surface area contributed by atoms with Crippen LogP contribution in [0.4, 0.5) is 0 Å². The summed E-state index contributed by atoms with van der Waals surface area (Å²) in [6.07, 6.45) is 0.838. The molecule has 0 aliphatic carbocycles. The van der Waals surface area contributed by atoms with Gasteiger partial charge in [-0.2, -0.15) is 22.1 Å². The van der Waals surface area contributed by atoms with Crippen LogP contribution in [-0.4, -0.2) is 72.0 Å². The fourth-order valence-electron chi connectivity index (χ4n) is 2.61. The molecular weight excluding hydrogens is 326 g/mol. The van der Waals surface area contributed by atoms with Crippen molar-refractivity contribution in [2.75, 3.05) is 40.3 Å². The molecule has 1 saturated heterocycles. The minimum atomic E-state index is -3.32. The molecule has 0 aromatic carbocycles. The van der Waals surface area contributed by atoms with E-state index in [4.69, 9.17) is 11.6 Å². The van der Waals surface area contributed by atoms with E-state index in [1.54, 1.807) is 18.8 Å². The average Bonchev–Trinajstić information content (AvgIpc) is 2.75. The number of rotatable bonds is 5. The van der Waals surface area contributed by atoms with E-state index in [-0.39, 0.29) is 0 Å². The Labute approximate surface area is 137 Å². The minimum Gasteiger partial charge on any atom is -0.296 e. The highest BCUT2D eigenvalue weighted by atomic mass is 35.5. The van der Waals surface area contributed by atoms with Crippen molar-refractivity contribution in [2.24, 2.45) is 7.05 Å². The molecule has 2 rings (SSSR count). The molecule has 9 heteroatoms. The van der Waals surface area contributed by atoms with Crippen LogP contribution < -0.4 is 0 Å². The second kappa shape index (κ2) is 6.84. The van der Waals surface area contributed by atoms with Crippen LogP contribution in [0.3, 0.4) is 0 Å². The van der Waals surface area contributed by atoms with Gasteiger partial charge in [0.15, 0.2) is 0 Å². The lowest BCUT2D eigenvalue weighted by Crippen LogP contribution is -2.51. The summed E-state index contributed by atoms with van der Waals surface area (Å²) >= 11 is 6.32. The van der Waals surface area contributed by atoms with E-state index in [9.17, 15) is 8.42 Å². The molecule has 1 aromatic heterocycles. The molecule has 1 fully saturated rings. The zero-order valence-corrected chi connectivity index (χ0v) is 15.2. The van der Waals surface area contributed by atoms with Crippen LogP contribution >= 0.6 is 11.6 Å². The Morgan fingerprint density at radius 3 is 2.32 bits per heavy atom.